The Kier molecular flexibility index (Phi) is 4.15. The second-order valence-electron chi connectivity index (χ2n) is 6.07. The lowest BCUT2D eigenvalue weighted by Gasteiger charge is -2.25. The second-order valence-corrected chi connectivity index (χ2v) is 6.07. The zero-order valence-electron chi connectivity index (χ0n) is 12.9. The Labute approximate surface area is 126 Å². The van der Waals surface area contributed by atoms with Gasteiger partial charge >= 0.3 is 6.09 Å². The maximum absolute atomic E-state index is 12.0. The highest BCUT2D eigenvalue weighted by atomic mass is 16.6. The molecule has 21 heavy (non-hydrogen) atoms. The first-order chi connectivity index (χ1) is 10.2. The molecule has 2 aliphatic rings. The van der Waals surface area contributed by atoms with Crippen LogP contribution in [0.3, 0.4) is 0 Å². The first kappa shape index (κ1) is 14.4. The fourth-order valence-electron chi connectivity index (χ4n) is 3.82. The zero-order chi connectivity index (χ0) is 14.8. The summed E-state index contributed by atoms with van der Waals surface area (Å²) < 4.78 is 5.18. The molecule has 4 heteroatoms. The minimum atomic E-state index is -0.154. The van der Waals surface area contributed by atoms with Gasteiger partial charge < -0.3 is 9.64 Å². The van der Waals surface area contributed by atoms with Crippen LogP contribution in [0, 0.1) is 5.92 Å². The third-order valence-corrected chi connectivity index (χ3v) is 4.94. The molecule has 0 bridgehead atoms. The average Bonchev–Trinajstić information content (AvgIpc) is 3.02. The van der Waals surface area contributed by atoms with Gasteiger partial charge in [-0.25, -0.2) is 4.79 Å². The lowest BCUT2D eigenvalue weighted by atomic mass is 9.98. The molecule has 2 fully saturated rings. The third-order valence-electron chi connectivity index (χ3n) is 4.94. The van der Waals surface area contributed by atoms with Gasteiger partial charge in [0.25, 0.3) is 0 Å². The van der Waals surface area contributed by atoms with Crippen molar-refractivity contribution in [3.05, 3.63) is 35.9 Å². The van der Waals surface area contributed by atoms with Gasteiger partial charge in [0.15, 0.2) is 0 Å². The first-order valence-electron chi connectivity index (χ1n) is 7.92. The summed E-state index contributed by atoms with van der Waals surface area (Å²) in [6.45, 7) is 7.38. The molecule has 1 aromatic carbocycles. The minimum Gasteiger partial charge on any atom is -0.450 e. The Balaban J connectivity index is 1.67. The van der Waals surface area contributed by atoms with Crippen LogP contribution in [0.15, 0.2) is 30.3 Å². The Morgan fingerprint density at radius 1 is 1.33 bits per heavy atom. The number of rotatable bonds is 3. The highest BCUT2D eigenvalue weighted by Gasteiger charge is 2.47. The number of hydrogen-bond donors (Lipinski definition) is 0. The maximum Gasteiger partial charge on any atom is 0.410 e. The van der Waals surface area contributed by atoms with E-state index in [-0.39, 0.29) is 12.1 Å². The molecule has 0 aromatic heterocycles. The molecule has 2 saturated heterocycles. The van der Waals surface area contributed by atoms with Crippen LogP contribution in [0.1, 0.15) is 25.8 Å². The highest BCUT2D eigenvalue weighted by Crippen LogP contribution is 2.37. The van der Waals surface area contributed by atoms with Crippen molar-refractivity contribution in [1.29, 1.82) is 0 Å². The van der Waals surface area contributed by atoms with E-state index >= 15 is 0 Å². The van der Waals surface area contributed by atoms with Crippen LogP contribution in [0.25, 0.3) is 0 Å². The van der Waals surface area contributed by atoms with Crippen molar-refractivity contribution in [2.45, 2.75) is 38.9 Å². The monoisotopic (exact) mass is 288 g/mol. The molecule has 1 amide bonds. The lowest BCUT2D eigenvalue weighted by molar-refractivity contribution is 0.0982. The van der Waals surface area contributed by atoms with E-state index in [9.17, 15) is 4.79 Å². The average molecular weight is 288 g/mol. The number of hydrogen-bond acceptors (Lipinski definition) is 3. The topological polar surface area (TPSA) is 32.8 Å². The van der Waals surface area contributed by atoms with E-state index in [2.05, 4.69) is 42.2 Å². The molecule has 4 nitrogen and oxygen atoms in total. The fraction of sp³-hybridized carbons (Fsp3) is 0.588. The number of carbonyl (C=O) groups is 1. The van der Waals surface area contributed by atoms with Crippen LogP contribution in [0.4, 0.5) is 4.79 Å². The van der Waals surface area contributed by atoms with Crippen LogP contribution in [0.2, 0.25) is 0 Å². The van der Waals surface area contributed by atoms with E-state index in [1.54, 1.807) is 0 Å². The molecule has 0 aliphatic carbocycles. The number of nitrogens with zero attached hydrogens (tertiary/aromatic N) is 2. The summed E-state index contributed by atoms with van der Waals surface area (Å²) in [4.78, 5) is 16.5. The first-order valence-corrected chi connectivity index (χ1v) is 7.92. The summed E-state index contributed by atoms with van der Waals surface area (Å²) in [5.41, 5.74) is 1.35. The largest absolute Gasteiger partial charge is 0.450 e. The van der Waals surface area contributed by atoms with E-state index in [0.29, 0.717) is 18.6 Å². The smallest absolute Gasteiger partial charge is 0.410 e. The predicted molar refractivity (Wildman–Crippen MR) is 81.9 cm³/mol. The predicted octanol–water partition coefficient (Wildman–Crippen LogP) is 2.74. The number of carbonyl (C=O) groups excluding carboxylic acids is 1. The molecule has 1 aromatic rings. The van der Waals surface area contributed by atoms with Gasteiger partial charge in [0.05, 0.1) is 6.61 Å². The van der Waals surface area contributed by atoms with Gasteiger partial charge in [-0.05, 0) is 38.3 Å². The van der Waals surface area contributed by atoms with E-state index < -0.39 is 0 Å². The minimum absolute atomic E-state index is 0.154. The van der Waals surface area contributed by atoms with E-state index in [1.165, 1.54) is 12.0 Å². The van der Waals surface area contributed by atoms with Crippen molar-refractivity contribution in [2.24, 2.45) is 5.92 Å². The normalized spacial score (nSPS) is 28.7. The number of ether oxygens (including phenoxy) is 1. The number of likely N-dealkylation sites (tertiary alicyclic amines) is 2. The van der Waals surface area contributed by atoms with Crippen LogP contribution in [-0.2, 0) is 11.3 Å². The van der Waals surface area contributed by atoms with Crippen LogP contribution in [-0.4, -0.2) is 47.7 Å². The molecule has 2 heterocycles. The summed E-state index contributed by atoms with van der Waals surface area (Å²) in [6, 6.07) is 11.3. The van der Waals surface area contributed by atoms with Crippen molar-refractivity contribution >= 4 is 6.09 Å². The van der Waals surface area contributed by atoms with Gasteiger partial charge in [-0.1, -0.05) is 30.3 Å². The van der Waals surface area contributed by atoms with Gasteiger partial charge in [-0.3, -0.25) is 4.90 Å². The molecular weight excluding hydrogens is 264 g/mol. The number of amides is 1. The van der Waals surface area contributed by atoms with Crippen LogP contribution >= 0.6 is 0 Å². The Bertz CT molecular complexity index is 491. The van der Waals surface area contributed by atoms with Gasteiger partial charge in [-0.2, -0.15) is 0 Å². The van der Waals surface area contributed by atoms with Crippen molar-refractivity contribution in [3.63, 3.8) is 0 Å². The highest BCUT2D eigenvalue weighted by molar-refractivity contribution is 5.68. The Hall–Kier alpha value is -1.55. The number of fused-ring (bicyclic) bond motifs is 1. The summed E-state index contributed by atoms with van der Waals surface area (Å²) in [5.74, 6) is 0.582. The van der Waals surface area contributed by atoms with Crippen molar-refractivity contribution in [2.75, 3.05) is 19.7 Å². The summed E-state index contributed by atoms with van der Waals surface area (Å²) in [7, 11) is 0. The van der Waals surface area contributed by atoms with Gasteiger partial charge in [0.1, 0.15) is 0 Å². The molecule has 3 unspecified atom stereocenters. The van der Waals surface area contributed by atoms with Gasteiger partial charge in [0.2, 0.25) is 0 Å². The molecule has 2 aliphatic heterocycles. The molecule has 3 rings (SSSR count). The Morgan fingerprint density at radius 3 is 2.81 bits per heavy atom. The quantitative estimate of drug-likeness (QED) is 0.857. The molecule has 0 saturated carbocycles. The van der Waals surface area contributed by atoms with Crippen molar-refractivity contribution < 1.29 is 9.53 Å². The van der Waals surface area contributed by atoms with Crippen LogP contribution < -0.4 is 0 Å². The molecule has 114 valence electrons. The molecular formula is C17H24N2O2. The fourth-order valence-corrected chi connectivity index (χ4v) is 3.82. The Morgan fingerprint density at radius 2 is 2.10 bits per heavy atom. The van der Waals surface area contributed by atoms with E-state index in [1.807, 2.05) is 11.8 Å². The van der Waals surface area contributed by atoms with E-state index in [4.69, 9.17) is 4.74 Å². The SMILES string of the molecule is CCOC(=O)N1CC2C(CCN2Cc2ccccc2)C1C. The lowest BCUT2D eigenvalue weighted by Crippen LogP contribution is -2.38. The van der Waals surface area contributed by atoms with Gasteiger partial charge in [0, 0.05) is 25.2 Å². The van der Waals surface area contributed by atoms with Crippen molar-refractivity contribution in [3.8, 4) is 0 Å². The summed E-state index contributed by atoms with van der Waals surface area (Å²) in [6.07, 6.45) is 1.02. The maximum atomic E-state index is 12.0. The molecule has 0 radical (unpaired) electrons. The second kappa shape index (κ2) is 6.06. The zero-order valence-corrected chi connectivity index (χ0v) is 12.9. The number of benzene rings is 1. The molecule has 0 N–H and O–H groups in total. The molecule has 3 atom stereocenters. The summed E-state index contributed by atoms with van der Waals surface area (Å²) >= 11 is 0. The van der Waals surface area contributed by atoms with E-state index in [0.717, 1.165) is 19.6 Å². The van der Waals surface area contributed by atoms with Crippen molar-refractivity contribution in [1.82, 2.24) is 9.80 Å². The summed E-state index contributed by atoms with van der Waals surface area (Å²) in [5, 5.41) is 0. The van der Waals surface area contributed by atoms with Gasteiger partial charge in [-0.15, -0.1) is 0 Å². The third kappa shape index (κ3) is 2.77. The van der Waals surface area contributed by atoms with Crippen LogP contribution in [0.5, 0.6) is 0 Å². The standard InChI is InChI=1S/C17H24N2O2/c1-3-21-17(20)19-12-16-15(13(19)2)9-10-18(16)11-14-7-5-4-6-8-14/h4-8,13,15-16H,3,9-12H2,1-2H3. The molecule has 0 spiro atoms.